The molecule has 0 bridgehead atoms. The largest absolute Gasteiger partial charge is 0.480 e. The number of carbonyl (C=O) groups excluding carboxylic acids is 3. The molecule has 0 spiro atoms. The lowest BCUT2D eigenvalue weighted by Crippen LogP contribution is -2.51. The van der Waals surface area contributed by atoms with Crippen LogP contribution in [0.5, 0.6) is 0 Å². The van der Waals surface area contributed by atoms with Gasteiger partial charge in [-0.05, 0) is 78.8 Å². The van der Waals surface area contributed by atoms with Crippen molar-refractivity contribution in [3.05, 3.63) is 123 Å². The van der Waals surface area contributed by atoms with Crippen molar-refractivity contribution < 1.29 is 24.3 Å². The van der Waals surface area contributed by atoms with Crippen molar-refractivity contribution in [3.63, 3.8) is 0 Å². The summed E-state index contributed by atoms with van der Waals surface area (Å²) in [7, 11) is 0. The molecule has 0 saturated heterocycles. The van der Waals surface area contributed by atoms with E-state index in [1.807, 2.05) is 74.5 Å². The summed E-state index contributed by atoms with van der Waals surface area (Å²) >= 11 is 1.36. The Balaban J connectivity index is 1.28. The smallest absolute Gasteiger partial charge is 0.325 e. The van der Waals surface area contributed by atoms with Crippen molar-refractivity contribution in [2.24, 2.45) is 0 Å². The van der Waals surface area contributed by atoms with Crippen LogP contribution in [0.25, 0.3) is 22.5 Å². The third-order valence-corrected chi connectivity index (χ3v) is 10.0. The van der Waals surface area contributed by atoms with Gasteiger partial charge >= 0.3 is 5.97 Å². The van der Waals surface area contributed by atoms with E-state index in [1.165, 1.54) is 18.3 Å². The number of rotatable bonds is 11. The average Bonchev–Trinajstić information content (AvgIpc) is 3.62. The van der Waals surface area contributed by atoms with Crippen LogP contribution < -0.4 is 16.0 Å². The zero-order valence-electron chi connectivity index (χ0n) is 29.4. The molecule has 0 fully saturated rings. The molecule has 0 aliphatic heterocycles. The molecule has 2 unspecified atom stereocenters. The number of benzene rings is 3. The van der Waals surface area contributed by atoms with Gasteiger partial charge in [-0.2, -0.15) is 0 Å². The van der Waals surface area contributed by atoms with Gasteiger partial charge in [-0.25, -0.2) is 9.97 Å². The topological polar surface area (TPSA) is 150 Å². The summed E-state index contributed by atoms with van der Waals surface area (Å²) in [6.07, 6.45) is 3.54. The van der Waals surface area contributed by atoms with E-state index in [0.717, 1.165) is 43.9 Å². The highest BCUT2D eigenvalue weighted by Crippen LogP contribution is 2.30. The van der Waals surface area contributed by atoms with E-state index in [1.54, 1.807) is 30.6 Å². The Labute approximate surface area is 301 Å². The molecule has 5 aromatic rings. The van der Waals surface area contributed by atoms with E-state index in [-0.39, 0.29) is 17.7 Å². The molecular weight excluding hydrogens is 663 g/mol. The molecule has 0 aliphatic carbocycles. The van der Waals surface area contributed by atoms with E-state index in [9.17, 15) is 24.3 Å². The highest BCUT2D eigenvalue weighted by molar-refractivity contribution is 7.14. The third-order valence-electron chi connectivity index (χ3n) is 8.53. The normalized spacial score (nSPS) is 12.4. The molecule has 51 heavy (non-hydrogen) atoms. The second-order valence-electron chi connectivity index (χ2n) is 13.5. The third kappa shape index (κ3) is 9.11. The van der Waals surface area contributed by atoms with Gasteiger partial charge in [0.1, 0.15) is 12.1 Å². The Bertz CT molecular complexity index is 2070. The fourth-order valence-corrected chi connectivity index (χ4v) is 6.22. The maximum Gasteiger partial charge on any atom is 0.325 e. The molecule has 3 amide bonds. The van der Waals surface area contributed by atoms with E-state index in [0.29, 0.717) is 16.3 Å². The molecular formula is C40H41N5O5S. The van der Waals surface area contributed by atoms with Crippen LogP contribution in [0.2, 0.25) is 0 Å². The van der Waals surface area contributed by atoms with Crippen LogP contribution in [0.15, 0.2) is 91.3 Å². The molecule has 0 aliphatic rings. The molecule has 0 radical (unpaired) electrons. The first-order valence-electron chi connectivity index (χ1n) is 16.5. The van der Waals surface area contributed by atoms with Gasteiger partial charge in [0.15, 0.2) is 5.82 Å². The van der Waals surface area contributed by atoms with Crippen molar-refractivity contribution in [3.8, 4) is 22.5 Å². The van der Waals surface area contributed by atoms with Gasteiger partial charge in [-0.15, -0.1) is 11.3 Å². The van der Waals surface area contributed by atoms with Gasteiger partial charge in [0, 0.05) is 46.1 Å². The zero-order valence-corrected chi connectivity index (χ0v) is 30.2. The van der Waals surface area contributed by atoms with E-state index in [2.05, 4.69) is 46.7 Å². The number of aliphatic carboxylic acids is 1. The minimum absolute atomic E-state index is 0.132. The molecule has 2 aromatic heterocycles. The van der Waals surface area contributed by atoms with Crippen LogP contribution >= 0.6 is 11.3 Å². The number of hydrogen-bond acceptors (Lipinski definition) is 7. The number of aromatic nitrogens is 2. The maximum absolute atomic E-state index is 13.2. The lowest BCUT2D eigenvalue weighted by Gasteiger charge is -2.20. The summed E-state index contributed by atoms with van der Waals surface area (Å²) in [4.78, 5) is 61.5. The van der Waals surface area contributed by atoms with E-state index >= 15 is 0 Å². The number of aryl methyl sites for hydroxylation is 1. The fraction of sp³-hybridized carbons (Fsp3) is 0.250. The summed E-state index contributed by atoms with van der Waals surface area (Å²) in [5.74, 6) is -1.90. The molecule has 2 atom stereocenters. The van der Waals surface area contributed by atoms with Crippen LogP contribution in [0.1, 0.15) is 69.3 Å². The van der Waals surface area contributed by atoms with Gasteiger partial charge in [-0.1, -0.05) is 69.3 Å². The number of carboxylic acids is 1. The molecule has 4 N–H and O–H groups in total. The van der Waals surface area contributed by atoms with E-state index in [4.69, 9.17) is 0 Å². The highest BCUT2D eigenvalue weighted by atomic mass is 32.1. The number of nitrogens with one attached hydrogen (secondary N) is 3. The molecule has 5 rings (SSSR count). The molecule has 3 aromatic carbocycles. The minimum Gasteiger partial charge on any atom is -0.480 e. The van der Waals surface area contributed by atoms with Crippen molar-refractivity contribution in [1.29, 1.82) is 0 Å². The fourth-order valence-electron chi connectivity index (χ4n) is 5.25. The monoisotopic (exact) mass is 703 g/mol. The lowest BCUT2D eigenvalue weighted by molar-refractivity contribution is -0.141. The number of carbonyl (C=O) groups is 4. The van der Waals surface area contributed by atoms with Crippen molar-refractivity contribution in [2.45, 2.75) is 65.5 Å². The Kier molecular flexibility index (Phi) is 11.1. The van der Waals surface area contributed by atoms with Gasteiger partial charge in [-0.3, -0.25) is 19.2 Å². The standard InChI is InChI=1S/C40H41N5O5S/c1-23-9-7-12-31(24(23)2)44-36(46)29-11-8-10-28(20-29)30-21-41-35(42-22-30)27-15-13-26(14-16-27)19-32(37(47)43-25(3)39(49)50)45-38(48)33-17-18-34(51-33)40(4,5)6/h7-18,20-22,25,32H,19H2,1-6H3,(H,43,47)(H,44,46)(H,45,48)(H,49,50). The molecule has 262 valence electrons. The van der Waals surface area contributed by atoms with Crippen LogP contribution in [0.3, 0.4) is 0 Å². The Morgan fingerprint density at radius 3 is 2.14 bits per heavy atom. The summed E-state index contributed by atoms with van der Waals surface area (Å²) in [5, 5.41) is 17.6. The van der Waals surface area contributed by atoms with Crippen molar-refractivity contribution in [1.82, 2.24) is 20.6 Å². The van der Waals surface area contributed by atoms with Crippen LogP contribution in [0, 0.1) is 13.8 Å². The Morgan fingerprint density at radius 2 is 1.49 bits per heavy atom. The highest BCUT2D eigenvalue weighted by Gasteiger charge is 2.26. The summed E-state index contributed by atoms with van der Waals surface area (Å²) in [6, 6.07) is 21.9. The summed E-state index contributed by atoms with van der Waals surface area (Å²) in [6.45, 7) is 11.5. The number of hydrogen-bond donors (Lipinski definition) is 4. The van der Waals surface area contributed by atoms with Crippen LogP contribution in [-0.4, -0.2) is 50.8 Å². The first kappa shape index (κ1) is 36.6. The second-order valence-corrected chi connectivity index (χ2v) is 14.6. The van der Waals surface area contributed by atoms with Crippen LogP contribution in [-0.2, 0) is 21.4 Å². The number of nitrogens with zero attached hydrogens (tertiary/aromatic N) is 2. The predicted molar refractivity (Wildman–Crippen MR) is 200 cm³/mol. The minimum atomic E-state index is -1.18. The molecule has 11 heteroatoms. The van der Waals surface area contributed by atoms with Gasteiger partial charge < -0.3 is 21.1 Å². The summed E-state index contributed by atoms with van der Waals surface area (Å²) in [5.41, 5.74) is 6.30. The van der Waals surface area contributed by atoms with Crippen molar-refractivity contribution >= 4 is 40.7 Å². The number of carboxylic acid groups (broad SMARTS) is 1. The SMILES string of the molecule is Cc1cccc(NC(=O)c2cccc(-c3cnc(-c4ccc(CC(NC(=O)c5ccc(C(C)(C)C)s5)C(=O)NC(C)C(=O)O)cc4)nc3)c2)c1C. The van der Waals surface area contributed by atoms with Crippen LogP contribution in [0.4, 0.5) is 5.69 Å². The van der Waals surface area contributed by atoms with Gasteiger partial charge in [0.05, 0.1) is 4.88 Å². The molecule has 2 heterocycles. The maximum atomic E-state index is 13.2. The second kappa shape index (κ2) is 15.5. The van der Waals surface area contributed by atoms with Gasteiger partial charge in [0.25, 0.3) is 11.8 Å². The number of thiophene rings is 1. The number of anilines is 1. The Hall–Kier alpha value is -5.68. The van der Waals surface area contributed by atoms with E-state index < -0.39 is 29.9 Å². The molecule has 10 nitrogen and oxygen atoms in total. The average molecular weight is 704 g/mol. The quantitative estimate of drug-likeness (QED) is 0.116. The first-order chi connectivity index (χ1) is 24.2. The number of amides is 3. The van der Waals surface area contributed by atoms with Gasteiger partial charge in [0.2, 0.25) is 5.91 Å². The molecule has 0 saturated carbocycles. The lowest BCUT2D eigenvalue weighted by atomic mass is 9.95. The Morgan fingerprint density at radius 1 is 0.804 bits per heavy atom. The zero-order chi connectivity index (χ0) is 36.9. The predicted octanol–water partition coefficient (Wildman–Crippen LogP) is 6.97. The first-order valence-corrected chi connectivity index (χ1v) is 17.3. The summed E-state index contributed by atoms with van der Waals surface area (Å²) < 4.78 is 0. The van der Waals surface area contributed by atoms with Crippen molar-refractivity contribution in [2.75, 3.05) is 5.32 Å².